The molecule has 0 fully saturated rings. The minimum Gasteiger partial charge on any atom is -0.376 e. The summed E-state index contributed by atoms with van der Waals surface area (Å²) >= 11 is 1.60. The number of aryl methyl sites for hydroxylation is 1. The largest absolute Gasteiger partial charge is 0.376 e. The number of nitrogens with one attached hydrogen (secondary N) is 1. The number of hydrogen-bond donors (Lipinski definition) is 1. The quantitative estimate of drug-likeness (QED) is 0.919. The molecular formula is C14H15FN2OS. The molecule has 0 saturated heterocycles. The Kier molecular flexibility index (Phi) is 3.48. The highest BCUT2D eigenvalue weighted by Gasteiger charge is 2.24. The van der Waals surface area contributed by atoms with Crippen LogP contribution >= 0.6 is 11.3 Å². The summed E-state index contributed by atoms with van der Waals surface area (Å²) in [5, 5.41) is 3.96. The maximum atomic E-state index is 13.1. The van der Waals surface area contributed by atoms with Crippen LogP contribution in [-0.4, -0.2) is 12.1 Å². The third-order valence-electron chi connectivity index (χ3n) is 3.26. The second kappa shape index (κ2) is 5.27. The van der Waals surface area contributed by atoms with Crippen molar-refractivity contribution in [3.05, 3.63) is 40.7 Å². The van der Waals surface area contributed by atoms with E-state index < -0.39 is 0 Å². The number of halogens is 1. The average molecular weight is 278 g/mol. The van der Waals surface area contributed by atoms with Crippen molar-refractivity contribution < 1.29 is 9.13 Å². The molecule has 0 radical (unpaired) electrons. The highest BCUT2D eigenvalue weighted by atomic mass is 32.1. The molecule has 1 aromatic carbocycles. The standard InChI is InChI=1S/C14H15FN2OS/c1-18-12-7-3-6-11-13(12)19-14(17-11)16-10-5-2-4-9(15)8-10/h2,4-5,8,12H,3,6-7H2,1H3,(H,16,17). The lowest BCUT2D eigenvalue weighted by molar-refractivity contribution is 0.0908. The molecule has 1 N–H and O–H groups in total. The summed E-state index contributed by atoms with van der Waals surface area (Å²) in [5.41, 5.74) is 1.84. The van der Waals surface area contributed by atoms with Gasteiger partial charge in [0.1, 0.15) is 5.82 Å². The number of rotatable bonds is 3. The van der Waals surface area contributed by atoms with Gasteiger partial charge in [0.25, 0.3) is 0 Å². The summed E-state index contributed by atoms with van der Waals surface area (Å²) in [6, 6.07) is 6.41. The molecule has 1 unspecified atom stereocenters. The number of nitrogens with zero attached hydrogens (tertiary/aromatic N) is 1. The van der Waals surface area contributed by atoms with Gasteiger partial charge in [-0.15, -0.1) is 0 Å². The first-order valence-corrected chi connectivity index (χ1v) is 7.13. The number of ether oxygens (including phenoxy) is 1. The van der Waals surface area contributed by atoms with E-state index in [0.717, 1.165) is 35.8 Å². The minimum atomic E-state index is -0.249. The second-order valence-electron chi connectivity index (χ2n) is 4.58. The van der Waals surface area contributed by atoms with Gasteiger partial charge in [0.15, 0.2) is 5.13 Å². The van der Waals surface area contributed by atoms with Crippen LogP contribution in [0.4, 0.5) is 15.2 Å². The average Bonchev–Trinajstić information content (AvgIpc) is 2.80. The van der Waals surface area contributed by atoms with Crippen molar-refractivity contribution in [3.8, 4) is 0 Å². The van der Waals surface area contributed by atoms with Gasteiger partial charge in [0.05, 0.1) is 16.7 Å². The predicted octanol–water partition coefficient (Wildman–Crippen LogP) is 4.05. The zero-order valence-corrected chi connectivity index (χ0v) is 11.5. The molecule has 19 heavy (non-hydrogen) atoms. The zero-order chi connectivity index (χ0) is 13.2. The highest BCUT2D eigenvalue weighted by Crippen LogP contribution is 2.38. The van der Waals surface area contributed by atoms with E-state index in [1.54, 1.807) is 24.5 Å². The van der Waals surface area contributed by atoms with Crippen LogP contribution in [0, 0.1) is 5.82 Å². The first kappa shape index (κ1) is 12.6. The number of hydrogen-bond acceptors (Lipinski definition) is 4. The topological polar surface area (TPSA) is 34.1 Å². The van der Waals surface area contributed by atoms with E-state index >= 15 is 0 Å². The van der Waals surface area contributed by atoms with E-state index in [0.29, 0.717) is 0 Å². The van der Waals surface area contributed by atoms with Crippen LogP contribution < -0.4 is 5.32 Å². The fourth-order valence-corrected chi connectivity index (χ4v) is 3.49. The summed E-state index contributed by atoms with van der Waals surface area (Å²) in [6.45, 7) is 0. The van der Waals surface area contributed by atoms with Crippen LogP contribution in [0.5, 0.6) is 0 Å². The number of benzene rings is 1. The fraction of sp³-hybridized carbons (Fsp3) is 0.357. The van der Waals surface area contributed by atoms with Crippen LogP contribution in [-0.2, 0) is 11.2 Å². The molecular weight excluding hydrogens is 263 g/mol. The Morgan fingerprint density at radius 1 is 1.47 bits per heavy atom. The van der Waals surface area contributed by atoms with Crippen LogP contribution in [0.15, 0.2) is 24.3 Å². The zero-order valence-electron chi connectivity index (χ0n) is 10.6. The van der Waals surface area contributed by atoms with Crippen molar-refractivity contribution in [2.75, 3.05) is 12.4 Å². The van der Waals surface area contributed by atoms with Crippen molar-refractivity contribution in [1.29, 1.82) is 0 Å². The van der Waals surface area contributed by atoms with Gasteiger partial charge in [-0.1, -0.05) is 17.4 Å². The van der Waals surface area contributed by atoms with Crippen molar-refractivity contribution in [2.45, 2.75) is 25.4 Å². The van der Waals surface area contributed by atoms with Gasteiger partial charge in [-0.25, -0.2) is 9.37 Å². The Bertz CT molecular complexity index is 585. The van der Waals surface area contributed by atoms with E-state index in [9.17, 15) is 4.39 Å². The molecule has 1 aliphatic carbocycles. The summed E-state index contributed by atoms with van der Waals surface area (Å²) in [7, 11) is 1.74. The lowest BCUT2D eigenvalue weighted by Crippen LogP contribution is -2.08. The van der Waals surface area contributed by atoms with Crippen LogP contribution in [0.25, 0.3) is 0 Å². The molecule has 0 saturated carbocycles. The van der Waals surface area contributed by atoms with E-state index in [2.05, 4.69) is 10.3 Å². The molecule has 0 bridgehead atoms. The molecule has 5 heteroatoms. The predicted molar refractivity (Wildman–Crippen MR) is 74.5 cm³/mol. The Morgan fingerprint density at radius 2 is 2.37 bits per heavy atom. The van der Waals surface area contributed by atoms with E-state index in [1.165, 1.54) is 17.0 Å². The lowest BCUT2D eigenvalue weighted by atomic mass is 10.0. The lowest BCUT2D eigenvalue weighted by Gasteiger charge is -2.18. The van der Waals surface area contributed by atoms with E-state index in [-0.39, 0.29) is 11.9 Å². The van der Waals surface area contributed by atoms with Gasteiger partial charge in [-0.3, -0.25) is 0 Å². The van der Waals surface area contributed by atoms with Crippen molar-refractivity contribution in [1.82, 2.24) is 4.98 Å². The molecule has 1 heterocycles. The molecule has 1 aliphatic rings. The molecule has 1 aromatic heterocycles. The van der Waals surface area contributed by atoms with Gasteiger partial charge in [-0.05, 0) is 37.5 Å². The Hall–Kier alpha value is -1.46. The maximum Gasteiger partial charge on any atom is 0.187 e. The smallest absolute Gasteiger partial charge is 0.187 e. The monoisotopic (exact) mass is 278 g/mol. The molecule has 3 nitrogen and oxygen atoms in total. The number of thiazole rings is 1. The third kappa shape index (κ3) is 2.62. The molecule has 0 spiro atoms. The van der Waals surface area contributed by atoms with Crippen LogP contribution in [0.3, 0.4) is 0 Å². The summed E-state index contributed by atoms with van der Waals surface area (Å²) in [6.07, 6.45) is 3.31. The molecule has 2 aromatic rings. The van der Waals surface area contributed by atoms with Crippen molar-refractivity contribution >= 4 is 22.2 Å². The van der Waals surface area contributed by atoms with E-state index in [4.69, 9.17) is 4.74 Å². The van der Waals surface area contributed by atoms with E-state index in [1.807, 2.05) is 6.07 Å². The Morgan fingerprint density at radius 3 is 3.16 bits per heavy atom. The van der Waals surface area contributed by atoms with Gasteiger partial charge >= 0.3 is 0 Å². The minimum absolute atomic E-state index is 0.157. The summed E-state index contributed by atoms with van der Waals surface area (Å²) in [5.74, 6) is -0.249. The van der Waals surface area contributed by atoms with Crippen molar-refractivity contribution in [3.63, 3.8) is 0 Å². The highest BCUT2D eigenvalue weighted by molar-refractivity contribution is 7.15. The van der Waals surface area contributed by atoms with Crippen LogP contribution in [0.1, 0.15) is 29.5 Å². The maximum absolute atomic E-state index is 13.1. The molecule has 1 atom stereocenters. The van der Waals surface area contributed by atoms with Gasteiger partial charge in [-0.2, -0.15) is 0 Å². The van der Waals surface area contributed by atoms with Gasteiger partial charge < -0.3 is 10.1 Å². The fourth-order valence-electron chi connectivity index (χ4n) is 2.35. The Labute approximate surface area is 115 Å². The number of anilines is 2. The molecule has 0 amide bonds. The third-order valence-corrected chi connectivity index (χ3v) is 4.37. The Balaban J connectivity index is 1.85. The van der Waals surface area contributed by atoms with Crippen molar-refractivity contribution in [2.24, 2.45) is 0 Å². The molecule has 3 rings (SSSR count). The SMILES string of the molecule is COC1CCCc2nc(Nc3cccc(F)c3)sc21. The first-order valence-electron chi connectivity index (χ1n) is 6.31. The number of methoxy groups -OCH3 is 1. The van der Waals surface area contributed by atoms with Crippen LogP contribution in [0.2, 0.25) is 0 Å². The number of aromatic nitrogens is 1. The molecule has 100 valence electrons. The van der Waals surface area contributed by atoms with Gasteiger partial charge in [0, 0.05) is 12.8 Å². The second-order valence-corrected chi connectivity index (χ2v) is 5.61. The van der Waals surface area contributed by atoms with Gasteiger partial charge in [0.2, 0.25) is 0 Å². The number of fused-ring (bicyclic) bond motifs is 1. The summed E-state index contributed by atoms with van der Waals surface area (Å²) in [4.78, 5) is 5.78. The summed E-state index contributed by atoms with van der Waals surface area (Å²) < 4.78 is 18.6. The molecule has 0 aliphatic heterocycles. The normalized spacial score (nSPS) is 18.1. The first-order chi connectivity index (χ1) is 9.26.